The number of methoxy groups -OCH3 is 1. The third-order valence-electron chi connectivity index (χ3n) is 4.09. The maximum absolute atomic E-state index is 5.62. The number of nitrogens with one attached hydrogen (secondary N) is 1. The molecule has 1 heterocycles. The quantitative estimate of drug-likeness (QED) is 0.759. The maximum atomic E-state index is 5.62. The zero-order chi connectivity index (χ0) is 13.1. The van der Waals surface area contributed by atoms with Crippen molar-refractivity contribution in [2.45, 2.75) is 51.0 Å². The summed E-state index contributed by atoms with van der Waals surface area (Å²) in [6.07, 6.45) is 1.46. The lowest BCUT2D eigenvalue weighted by Crippen LogP contribution is -2.54. The van der Waals surface area contributed by atoms with Gasteiger partial charge in [0.05, 0.1) is 11.7 Å². The van der Waals surface area contributed by atoms with Gasteiger partial charge in [-0.05, 0) is 41.3 Å². The molecule has 17 heavy (non-hydrogen) atoms. The summed E-state index contributed by atoms with van der Waals surface area (Å²) in [7, 11) is 5.94. The van der Waals surface area contributed by atoms with Crippen molar-refractivity contribution in [2.24, 2.45) is 0 Å². The van der Waals surface area contributed by atoms with Gasteiger partial charge in [-0.1, -0.05) is 0 Å². The summed E-state index contributed by atoms with van der Waals surface area (Å²) in [6.45, 7) is 8.25. The second-order valence-corrected chi connectivity index (χ2v) is 5.52. The molecule has 102 valence electrons. The van der Waals surface area contributed by atoms with Crippen LogP contribution in [0.15, 0.2) is 0 Å². The van der Waals surface area contributed by atoms with Gasteiger partial charge in [-0.25, -0.2) is 0 Å². The van der Waals surface area contributed by atoms with Crippen LogP contribution in [-0.4, -0.2) is 63.0 Å². The molecule has 0 radical (unpaired) electrons. The minimum absolute atomic E-state index is 0.161. The van der Waals surface area contributed by atoms with Crippen LogP contribution in [0.5, 0.6) is 0 Å². The van der Waals surface area contributed by atoms with Crippen molar-refractivity contribution in [3.63, 3.8) is 0 Å². The number of hydrogen-bond acceptors (Lipinski definition) is 4. The van der Waals surface area contributed by atoms with Gasteiger partial charge >= 0.3 is 0 Å². The van der Waals surface area contributed by atoms with Crippen molar-refractivity contribution in [3.05, 3.63) is 0 Å². The van der Waals surface area contributed by atoms with Crippen LogP contribution in [0.4, 0.5) is 0 Å². The van der Waals surface area contributed by atoms with Crippen molar-refractivity contribution in [3.8, 4) is 0 Å². The number of rotatable bonds is 6. The first kappa shape index (κ1) is 14.9. The van der Waals surface area contributed by atoms with E-state index in [1.54, 1.807) is 7.11 Å². The highest BCUT2D eigenvalue weighted by atomic mass is 16.5. The van der Waals surface area contributed by atoms with Gasteiger partial charge in [-0.2, -0.15) is 0 Å². The molecule has 0 spiro atoms. The number of hydrogen-bond donors (Lipinski definition) is 1. The van der Waals surface area contributed by atoms with Gasteiger partial charge in [-0.15, -0.1) is 0 Å². The Labute approximate surface area is 106 Å². The lowest BCUT2D eigenvalue weighted by Gasteiger charge is -2.37. The zero-order valence-corrected chi connectivity index (χ0v) is 12.1. The Morgan fingerprint density at radius 2 is 2.18 bits per heavy atom. The molecule has 1 fully saturated rings. The van der Waals surface area contributed by atoms with Gasteiger partial charge in [0.1, 0.15) is 0 Å². The molecule has 1 aliphatic heterocycles. The Hall–Kier alpha value is -0.160. The first-order valence-corrected chi connectivity index (χ1v) is 6.46. The maximum Gasteiger partial charge on any atom is 0.0787 e. The van der Waals surface area contributed by atoms with Crippen LogP contribution in [0.1, 0.15) is 27.2 Å². The summed E-state index contributed by atoms with van der Waals surface area (Å²) in [4.78, 5) is 2.39. The molecule has 1 rings (SSSR count). The van der Waals surface area contributed by atoms with E-state index >= 15 is 0 Å². The standard InChI is InChI=1S/C13H28N2O2/c1-10-11(7-8-17-10)15(5)9-12(14-4)13(2,3)16-6/h10-12,14H,7-9H2,1-6H3. The Bertz CT molecular complexity index is 233. The van der Waals surface area contributed by atoms with E-state index in [0.717, 1.165) is 19.6 Å². The molecule has 4 nitrogen and oxygen atoms in total. The molecule has 0 aromatic rings. The van der Waals surface area contributed by atoms with Gasteiger partial charge < -0.3 is 14.8 Å². The highest BCUT2D eigenvalue weighted by Crippen LogP contribution is 2.21. The molecule has 3 atom stereocenters. The molecule has 0 amide bonds. The van der Waals surface area contributed by atoms with Gasteiger partial charge in [0.2, 0.25) is 0 Å². The average Bonchev–Trinajstić information content (AvgIpc) is 2.71. The Balaban J connectivity index is 2.56. The Kier molecular flexibility index (Phi) is 5.38. The van der Waals surface area contributed by atoms with Gasteiger partial charge in [0.15, 0.2) is 0 Å². The predicted octanol–water partition coefficient (Wildman–Crippen LogP) is 1.11. The second kappa shape index (κ2) is 6.14. The predicted molar refractivity (Wildman–Crippen MR) is 70.4 cm³/mol. The number of nitrogens with zero attached hydrogens (tertiary/aromatic N) is 1. The van der Waals surface area contributed by atoms with Crippen molar-refractivity contribution < 1.29 is 9.47 Å². The third-order valence-corrected chi connectivity index (χ3v) is 4.09. The molecule has 0 aromatic heterocycles. The normalized spacial score (nSPS) is 27.7. The fourth-order valence-corrected chi connectivity index (χ4v) is 2.52. The average molecular weight is 244 g/mol. The van der Waals surface area contributed by atoms with E-state index in [4.69, 9.17) is 9.47 Å². The summed E-state index contributed by atoms with van der Waals surface area (Å²) in [5.74, 6) is 0. The van der Waals surface area contributed by atoms with E-state index in [2.05, 4.69) is 38.0 Å². The zero-order valence-electron chi connectivity index (χ0n) is 12.1. The molecule has 3 unspecified atom stereocenters. The molecule has 4 heteroatoms. The van der Waals surface area contributed by atoms with Crippen LogP contribution >= 0.6 is 0 Å². The minimum Gasteiger partial charge on any atom is -0.377 e. The van der Waals surface area contributed by atoms with Gasteiger partial charge in [0.25, 0.3) is 0 Å². The smallest absolute Gasteiger partial charge is 0.0787 e. The topological polar surface area (TPSA) is 33.7 Å². The molecule has 0 aromatic carbocycles. The van der Waals surface area contributed by atoms with Gasteiger partial charge in [0, 0.05) is 32.3 Å². The van der Waals surface area contributed by atoms with Crippen LogP contribution < -0.4 is 5.32 Å². The van der Waals surface area contributed by atoms with E-state index in [0.29, 0.717) is 18.2 Å². The van der Waals surface area contributed by atoms with Crippen LogP contribution in [-0.2, 0) is 9.47 Å². The number of likely N-dealkylation sites (N-methyl/N-ethyl adjacent to an activating group) is 2. The molecule has 1 saturated heterocycles. The monoisotopic (exact) mass is 244 g/mol. The highest BCUT2D eigenvalue weighted by Gasteiger charge is 2.33. The van der Waals surface area contributed by atoms with Crippen molar-refractivity contribution in [2.75, 3.05) is 34.4 Å². The Morgan fingerprint density at radius 1 is 1.53 bits per heavy atom. The summed E-state index contributed by atoms with van der Waals surface area (Å²) in [5, 5.41) is 3.35. The van der Waals surface area contributed by atoms with E-state index in [-0.39, 0.29) is 5.60 Å². The lowest BCUT2D eigenvalue weighted by molar-refractivity contribution is -0.0218. The molecule has 0 aliphatic carbocycles. The number of ether oxygens (including phenoxy) is 2. The molecule has 1 aliphatic rings. The summed E-state index contributed by atoms with van der Waals surface area (Å²) >= 11 is 0. The van der Waals surface area contributed by atoms with E-state index in [1.165, 1.54) is 0 Å². The molecule has 1 N–H and O–H groups in total. The van der Waals surface area contributed by atoms with Crippen molar-refractivity contribution >= 4 is 0 Å². The van der Waals surface area contributed by atoms with Crippen molar-refractivity contribution in [1.82, 2.24) is 10.2 Å². The third kappa shape index (κ3) is 3.65. The molecule has 0 saturated carbocycles. The van der Waals surface area contributed by atoms with Crippen molar-refractivity contribution in [1.29, 1.82) is 0 Å². The fraction of sp³-hybridized carbons (Fsp3) is 1.00. The van der Waals surface area contributed by atoms with E-state index in [9.17, 15) is 0 Å². The van der Waals surface area contributed by atoms with Crippen LogP contribution in [0.3, 0.4) is 0 Å². The van der Waals surface area contributed by atoms with Crippen LogP contribution in [0, 0.1) is 0 Å². The fourth-order valence-electron chi connectivity index (χ4n) is 2.52. The molecule has 0 bridgehead atoms. The SMILES string of the molecule is CNC(CN(C)C1CCOC1C)C(C)(C)OC. The summed E-state index contributed by atoms with van der Waals surface area (Å²) in [5.41, 5.74) is -0.161. The Morgan fingerprint density at radius 3 is 2.59 bits per heavy atom. The molecular formula is C13H28N2O2. The highest BCUT2D eigenvalue weighted by molar-refractivity contribution is 4.90. The van der Waals surface area contributed by atoms with Crippen LogP contribution in [0.25, 0.3) is 0 Å². The minimum atomic E-state index is -0.161. The van der Waals surface area contributed by atoms with E-state index in [1.807, 2.05) is 7.05 Å². The largest absolute Gasteiger partial charge is 0.377 e. The summed E-state index contributed by atoms with van der Waals surface area (Å²) < 4.78 is 11.2. The lowest BCUT2D eigenvalue weighted by atomic mass is 9.97. The first-order chi connectivity index (χ1) is 7.92. The van der Waals surface area contributed by atoms with Gasteiger partial charge in [-0.3, -0.25) is 4.90 Å². The summed E-state index contributed by atoms with van der Waals surface area (Å²) in [6, 6.07) is 0.837. The van der Waals surface area contributed by atoms with E-state index < -0.39 is 0 Å². The first-order valence-electron chi connectivity index (χ1n) is 6.46. The second-order valence-electron chi connectivity index (χ2n) is 5.52. The molecular weight excluding hydrogens is 216 g/mol. The van der Waals surface area contributed by atoms with Crippen LogP contribution in [0.2, 0.25) is 0 Å².